The van der Waals surface area contributed by atoms with Crippen molar-refractivity contribution < 1.29 is 32.7 Å². The molecule has 0 aromatic heterocycles. The molecule has 1 aromatic carbocycles. The van der Waals surface area contributed by atoms with Crippen molar-refractivity contribution in [2.45, 2.75) is 18.3 Å². The van der Waals surface area contributed by atoms with Crippen molar-refractivity contribution in [3.63, 3.8) is 0 Å². The van der Waals surface area contributed by atoms with E-state index in [2.05, 4.69) is 10.2 Å². The summed E-state index contributed by atoms with van der Waals surface area (Å²) in [6, 6.07) is 4.86. The molecule has 0 radical (unpaired) electrons. The molecule has 0 unspecified atom stereocenters. The summed E-state index contributed by atoms with van der Waals surface area (Å²) in [5.41, 5.74) is 2.57. The van der Waals surface area contributed by atoms with Gasteiger partial charge in [0.25, 0.3) is 0 Å². The molecule has 0 fully saturated rings. The Hall–Kier alpha value is -2.98. The van der Waals surface area contributed by atoms with Crippen LogP contribution >= 0.6 is 0 Å². The SMILES string of the molecule is NC(=O)CN(CC(=O)O)C(=O)Cc1ccc(C2(C(F)(F)F)N=N2)cc1. The molecule has 134 valence electrons. The number of halogens is 3. The Balaban J connectivity index is 2.08. The van der Waals surface area contributed by atoms with E-state index >= 15 is 0 Å². The quantitative estimate of drug-likeness (QED) is 0.748. The number of alkyl halides is 3. The summed E-state index contributed by atoms with van der Waals surface area (Å²) in [5, 5.41) is 14.9. The third kappa shape index (κ3) is 4.11. The minimum Gasteiger partial charge on any atom is -0.480 e. The lowest BCUT2D eigenvalue weighted by Crippen LogP contribution is -2.42. The topological polar surface area (TPSA) is 125 Å². The van der Waals surface area contributed by atoms with Crippen molar-refractivity contribution >= 4 is 17.8 Å². The number of hydrogen-bond acceptors (Lipinski definition) is 5. The fraction of sp³-hybridized carbons (Fsp3) is 0.357. The Morgan fingerprint density at radius 3 is 2.08 bits per heavy atom. The van der Waals surface area contributed by atoms with Crippen LogP contribution in [-0.2, 0) is 26.5 Å². The van der Waals surface area contributed by atoms with E-state index in [0.29, 0.717) is 5.56 Å². The number of carbonyl (C=O) groups is 3. The number of benzene rings is 1. The van der Waals surface area contributed by atoms with Crippen molar-refractivity contribution in [2.24, 2.45) is 16.0 Å². The fourth-order valence-electron chi connectivity index (χ4n) is 2.17. The summed E-state index contributed by atoms with van der Waals surface area (Å²) in [4.78, 5) is 34.5. The van der Waals surface area contributed by atoms with Crippen LogP contribution in [0.15, 0.2) is 34.5 Å². The number of nitrogens with two attached hydrogens (primary N) is 1. The first-order chi connectivity index (χ1) is 11.5. The first-order valence-electron chi connectivity index (χ1n) is 6.93. The zero-order chi connectivity index (χ0) is 18.8. The van der Waals surface area contributed by atoms with Crippen LogP contribution in [0.25, 0.3) is 0 Å². The highest BCUT2D eigenvalue weighted by Gasteiger charge is 2.65. The third-order valence-electron chi connectivity index (χ3n) is 3.43. The first kappa shape index (κ1) is 18.4. The van der Waals surface area contributed by atoms with E-state index in [1.54, 1.807) is 0 Å². The van der Waals surface area contributed by atoms with Gasteiger partial charge < -0.3 is 15.7 Å². The first-order valence-corrected chi connectivity index (χ1v) is 6.93. The predicted molar refractivity (Wildman–Crippen MR) is 76.1 cm³/mol. The van der Waals surface area contributed by atoms with Gasteiger partial charge in [0, 0.05) is 5.56 Å². The molecule has 11 heteroatoms. The maximum Gasteiger partial charge on any atom is 0.442 e. The van der Waals surface area contributed by atoms with Crippen LogP contribution in [0.4, 0.5) is 13.2 Å². The number of hydrogen-bond donors (Lipinski definition) is 2. The lowest BCUT2D eigenvalue weighted by molar-refractivity contribution is -0.166. The van der Waals surface area contributed by atoms with Gasteiger partial charge in [-0.2, -0.15) is 13.2 Å². The van der Waals surface area contributed by atoms with Crippen molar-refractivity contribution in [1.82, 2.24) is 4.90 Å². The molecular weight excluding hydrogens is 345 g/mol. The van der Waals surface area contributed by atoms with Gasteiger partial charge in [-0.15, -0.1) is 10.2 Å². The van der Waals surface area contributed by atoms with E-state index in [4.69, 9.17) is 10.8 Å². The molecule has 0 saturated carbocycles. The van der Waals surface area contributed by atoms with Crippen LogP contribution in [0.2, 0.25) is 0 Å². The van der Waals surface area contributed by atoms with Crippen LogP contribution in [0.5, 0.6) is 0 Å². The average molecular weight is 358 g/mol. The monoisotopic (exact) mass is 358 g/mol. The van der Waals surface area contributed by atoms with Gasteiger partial charge in [0.2, 0.25) is 11.8 Å². The molecule has 2 amide bonds. The number of nitrogens with zero attached hydrogens (tertiary/aromatic N) is 3. The Labute approximate surface area is 139 Å². The van der Waals surface area contributed by atoms with E-state index in [9.17, 15) is 27.6 Å². The molecule has 0 bridgehead atoms. The van der Waals surface area contributed by atoms with E-state index < -0.39 is 42.7 Å². The van der Waals surface area contributed by atoms with Crippen LogP contribution in [0.1, 0.15) is 11.1 Å². The molecule has 1 aliphatic heterocycles. The molecule has 0 spiro atoms. The lowest BCUT2D eigenvalue weighted by atomic mass is 10.00. The van der Waals surface area contributed by atoms with Gasteiger partial charge >= 0.3 is 17.8 Å². The second kappa shape index (κ2) is 6.49. The average Bonchev–Trinajstić information content (AvgIpc) is 3.27. The standard InChI is InChI=1S/C14H13F3N4O4/c15-14(16,17)13(19-20-13)9-3-1-8(2-4-9)5-11(23)21(6-10(18)22)7-12(24)25/h1-4H,5-7H2,(H2,18,22)(H,24,25). The predicted octanol–water partition coefficient (Wildman–Crippen LogP) is 0.808. The molecule has 0 saturated heterocycles. The van der Waals surface area contributed by atoms with Gasteiger partial charge in [0.05, 0.1) is 13.0 Å². The minimum absolute atomic E-state index is 0.185. The van der Waals surface area contributed by atoms with Crippen molar-refractivity contribution in [3.8, 4) is 0 Å². The minimum atomic E-state index is -4.65. The van der Waals surface area contributed by atoms with Crippen LogP contribution in [0.3, 0.4) is 0 Å². The van der Waals surface area contributed by atoms with E-state index in [1.165, 1.54) is 12.1 Å². The number of carbonyl (C=O) groups excluding carboxylic acids is 2. The molecule has 2 rings (SSSR count). The second-order valence-electron chi connectivity index (χ2n) is 5.35. The number of carboxylic acids is 1. The number of amides is 2. The maximum absolute atomic E-state index is 12.9. The highest BCUT2D eigenvalue weighted by Crippen LogP contribution is 2.52. The summed E-state index contributed by atoms with van der Waals surface area (Å²) < 4.78 is 38.7. The van der Waals surface area contributed by atoms with E-state index in [0.717, 1.165) is 17.0 Å². The Morgan fingerprint density at radius 1 is 1.12 bits per heavy atom. The number of rotatable bonds is 7. The maximum atomic E-state index is 12.9. The van der Waals surface area contributed by atoms with Crippen LogP contribution < -0.4 is 5.73 Å². The second-order valence-corrected chi connectivity index (χ2v) is 5.35. The van der Waals surface area contributed by atoms with Crippen molar-refractivity contribution in [1.29, 1.82) is 0 Å². The molecule has 1 aromatic rings. The zero-order valence-corrected chi connectivity index (χ0v) is 12.7. The molecule has 25 heavy (non-hydrogen) atoms. The Kier molecular flexibility index (Phi) is 4.77. The largest absolute Gasteiger partial charge is 0.480 e. The summed E-state index contributed by atoms with van der Waals surface area (Å²) in [6.45, 7) is -1.28. The molecular formula is C14H13F3N4O4. The van der Waals surface area contributed by atoms with Crippen molar-refractivity contribution in [3.05, 3.63) is 35.4 Å². The molecule has 1 heterocycles. The Bertz CT molecular complexity index is 709. The van der Waals surface area contributed by atoms with Crippen LogP contribution in [-0.4, -0.2) is 47.1 Å². The van der Waals surface area contributed by atoms with Gasteiger partial charge in [0.15, 0.2) is 0 Å². The zero-order valence-electron chi connectivity index (χ0n) is 12.7. The normalized spacial score (nSPS) is 14.8. The number of carboxylic acid groups (broad SMARTS) is 1. The number of aliphatic carboxylic acids is 1. The summed E-state index contributed by atoms with van der Waals surface area (Å²) in [7, 11) is 0. The molecule has 0 aliphatic carbocycles. The van der Waals surface area contributed by atoms with Gasteiger partial charge in [-0.1, -0.05) is 24.3 Å². The lowest BCUT2D eigenvalue weighted by Gasteiger charge is -2.19. The molecule has 1 aliphatic rings. The van der Waals surface area contributed by atoms with E-state index in [-0.39, 0.29) is 12.0 Å². The van der Waals surface area contributed by atoms with Gasteiger partial charge in [-0.25, -0.2) is 0 Å². The molecule has 8 nitrogen and oxygen atoms in total. The third-order valence-corrected chi connectivity index (χ3v) is 3.43. The highest BCUT2D eigenvalue weighted by molar-refractivity contribution is 5.87. The smallest absolute Gasteiger partial charge is 0.442 e. The van der Waals surface area contributed by atoms with E-state index in [1.807, 2.05) is 0 Å². The van der Waals surface area contributed by atoms with Crippen molar-refractivity contribution in [2.75, 3.05) is 13.1 Å². The fourth-order valence-corrected chi connectivity index (χ4v) is 2.17. The highest BCUT2D eigenvalue weighted by atomic mass is 19.4. The summed E-state index contributed by atoms with van der Waals surface area (Å²) >= 11 is 0. The van der Waals surface area contributed by atoms with Gasteiger partial charge in [-0.3, -0.25) is 14.4 Å². The van der Waals surface area contributed by atoms with Crippen LogP contribution in [0, 0.1) is 0 Å². The molecule has 0 atom stereocenters. The summed E-state index contributed by atoms with van der Waals surface area (Å²) in [6.07, 6.45) is -4.95. The Morgan fingerprint density at radius 2 is 1.68 bits per heavy atom. The van der Waals surface area contributed by atoms with Gasteiger partial charge in [-0.05, 0) is 5.56 Å². The van der Waals surface area contributed by atoms with Gasteiger partial charge in [0.1, 0.15) is 6.54 Å². The number of primary amides is 1. The molecule has 3 N–H and O–H groups in total. The summed E-state index contributed by atoms with van der Waals surface area (Å²) in [5.74, 6) is -2.90.